The van der Waals surface area contributed by atoms with Gasteiger partial charge in [0.15, 0.2) is 18.9 Å². The Kier molecular flexibility index (Phi) is 12.7. The van der Waals surface area contributed by atoms with Gasteiger partial charge in [-0.1, -0.05) is 13.8 Å². The van der Waals surface area contributed by atoms with Gasteiger partial charge in [0.25, 0.3) is 0 Å². The Morgan fingerprint density at radius 2 is 1.49 bits per heavy atom. The van der Waals surface area contributed by atoms with Crippen LogP contribution in [0.4, 0.5) is 0 Å². The average molecular weight is 843 g/mol. The van der Waals surface area contributed by atoms with Crippen molar-refractivity contribution in [2.45, 2.75) is 183 Å². The van der Waals surface area contributed by atoms with Crippen LogP contribution in [0, 0.1) is 34.5 Å². The van der Waals surface area contributed by atoms with Gasteiger partial charge in [0.2, 0.25) is 0 Å². The van der Waals surface area contributed by atoms with E-state index in [1.54, 1.807) is 20.1 Å². The van der Waals surface area contributed by atoms with E-state index >= 15 is 0 Å². The lowest BCUT2D eigenvalue weighted by molar-refractivity contribution is -0.355. The topological polar surface area (TPSA) is 253 Å². The average Bonchev–Trinajstić information content (AvgIpc) is 3.77. The van der Waals surface area contributed by atoms with E-state index in [0.29, 0.717) is 24.9 Å². The minimum atomic E-state index is -1.70. The third-order valence-electron chi connectivity index (χ3n) is 16.4. The molecular weight excluding hydrogens is 776 g/mol. The van der Waals surface area contributed by atoms with Crippen molar-refractivity contribution in [3.63, 3.8) is 0 Å². The van der Waals surface area contributed by atoms with Crippen LogP contribution in [0.15, 0.2) is 11.6 Å². The summed E-state index contributed by atoms with van der Waals surface area (Å²) < 4.78 is 47.2. The van der Waals surface area contributed by atoms with Gasteiger partial charge in [0.1, 0.15) is 61.5 Å². The smallest absolute Gasteiger partial charge is 0.331 e. The van der Waals surface area contributed by atoms with Crippen molar-refractivity contribution >= 4 is 5.97 Å². The first-order valence-electron chi connectivity index (χ1n) is 21.7. The predicted molar refractivity (Wildman–Crippen MR) is 202 cm³/mol. The molecule has 8 aliphatic rings. The lowest BCUT2D eigenvalue weighted by atomic mass is 9.43. The zero-order chi connectivity index (χ0) is 42.2. The Morgan fingerprint density at radius 1 is 0.780 bits per heavy atom. The molecule has 8 rings (SSSR count). The molecule has 17 nitrogen and oxygen atoms in total. The van der Waals surface area contributed by atoms with Crippen LogP contribution in [0.5, 0.6) is 0 Å². The standard InChI is InChI=1S/C42H66O17/c1-19-37(59-39-36(50)34(48)32(46)28(58-39)18-54-38-35(49)33(47)31(45)27(16-43)57-38)26(52-4)15-30(55-19)56-22-7-10-40(2)21(14-22)5-6-25-24(40)8-11-41(3)23(9-12-42(25,41)51)20-13-29(44)53-17-20/h13,19,21-28,30-39,43,45-51H,5-12,14-18H2,1-4H3/t19?,21?,22-,23?,24?,25?,26?,27?,28?,30?,31?,32?,33?,34?,35?,36?,37?,38?,39?,40-,41+,42?/m0/s1. The number of aliphatic hydroxyl groups is 8. The Bertz CT molecular complexity index is 1530. The third kappa shape index (κ3) is 7.64. The van der Waals surface area contributed by atoms with Crippen molar-refractivity contribution in [2.24, 2.45) is 34.5 Å². The van der Waals surface area contributed by atoms with E-state index in [9.17, 15) is 45.6 Å². The second-order valence-electron chi connectivity index (χ2n) is 19.3. The molecule has 0 aromatic heterocycles. The highest BCUT2D eigenvalue weighted by Crippen LogP contribution is 2.70. The van der Waals surface area contributed by atoms with Gasteiger partial charge in [-0.3, -0.25) is 0 Å². The molecule has 0 spiro atoms. The Hall–Kier alpha value is -1.39. The monoisotopic (exact) mass is 842 g/mol. The maximum atomic E-state index is 12.6. The Balaban J connectivity index is 0.857. The van der Waals surface area contributed by atoms with Crippen molar-refractivity contribution in [2.75, 3.05) is 26.9 Å². The van der Waals surface area contributed by atoms with Gasteiger partial charge >= 0.3 is 5.97 Å². The van der Waals surface area contributed by atoms with Crippen LogP contribution in [0.1, 0.15) is 85.0 Å². The van der Waals surface area contributed by atoms with Gasteiger partial charge in [-0.15, -0.1) is 0 Å². The highest BCUT2D eigenvalue weighted by molar-refractivity contribution is 5.85. The normalized spacial score (nSPS) is 53.9. The molecule has 59 heavy (non-hydrogen) atoms. The van der Waals surface area contributed by atoms with Crippen molar-refractivity contribution in [3.8, 4) is 0 Å². The number of hydrogen-bond donors (Lipinski definition) is 8. The Labute approximate surface area is 344 Å². The minimum Gasteiger partial charge on any atom is -0.458 e. The van der Waals surface area contributed by atoms with Crippen LogP contribution in [-0.4, -0.2) is 171 Å². The van der Waals surface area contributed by atoms with Gasteiger partial charge < -0.3 is 78.7 Å². The number of hydrogen-bond acceptors (Lipinski definition) is 17. The summed E-state index contributed by atoms with van der Waals surface area (Å²) in [5, 5.41) is 85.0. The van der Waals surface area contributed by atoms with E-state index in [0.717, 1.165) is 63.4 Å². The predicted octanol–water partition coefficient (Wildman–Crippen LogP) is -0.212. The van der Waals surface area contributed by atoms with Crippen LogP contribution in [-0.2, 0) is 42.7 Å². The van der Waals surface area contributed by atoms with Crippen LogP contribution in [0.2, 0.25) is 0 Å². The zero-order valence-corrected chi connectivity index (χ0v) is 34.5. The molecular formula is C42H66O17. The lowest BCUT2D eigenvalue weighted by Gasteiger charge is -2.64. The van der Waals surface area contributed by atoms with E-state index < -0.39 is 105 Å². The van der Waals surface area contributed by atoms with E-state index in [2.05, 4.69) is 13.8 Å². The van der Waals surface area contributed by atoms with Crippen LogP contribution >= 0.6 is 0 Å². The van der Waals surface area contributed by atoms with Crippen molar-refractivity contribution in [1.82, 2.24) is 0 Å². The van der Waals surface area contributed by atoms with Gasteiger partial charge in [0.05, 0.1) is 37.1 Å². The summed E-state index contributed by atoms with van der Waals surface area (Å²) in [5.41, 5.74) is 0.0761. The number of aliphatic hydroxyl groups excluding tert-OH is 7. The molecule has 336 valence electrons. The largest absolute Gasteiger partial charge is 0.458 e. The minimum absolute atomic E-state index is 0.0268. The summed E-state index contributed by atoms with van der Waals surface area (Å²) in [6.07, 6.45) is -7.54. The molecule has 7 fully saturated rings. The second kappa shape index (κ2) is 17.0. The molecule has 0 radical (unpaired) electrons. The van der Waals surface area contributed by atoms with Crippen LogP contribution in [0.3, 0.4) is 0 Å². The molecule has 0 aromatic rings. The van der Waals surface area contributed by atoms with Crippen molar-refractivity contribution < 1.29 is 83.5 Å². The first-order valence-corrected chi connectivity index (χ1v) is 21.7. The Morgan fingerprint density at radius 3 is 2.19 bits per heavy atom. The lowest BCUT2D eigenvalue weighted by Crippen LogP contribution is -2.63. The highest BCUT2D eigenvalue weighted by atomic mass is 16.8. The third-order valence-corrected chi connectivity index (χ3v) is 16.4. The molecule has 0 aromatic carbocycles. The zero-order valence-electron chi connectivity index (χ0n) is 34.5. The van der Waals surface area contributed by atoms with Gasteiger partial charge in [-0.25, -0.2) is 4.79 Å². The molecule has 4 heterocycles. The van der Waals surface area contributed by atoms with E-state index in [1.807, 2.05) is 0 Å². The summed E-state index contributed by atoms with van der Waals surface area (Å²) in [6, 6.07) is 0. The first kappa shape index (κ1) is 44.2. The number of carbonyl (C=O) groups is 1. The molecule has 17 heteroatoms. The fraction of sp³-hybridized carbons (Fsp3) is 0.929. The molecule has 4 aliphatic carbocycles. The first-order chi connectivity index (χ1) is 28.0. The summed E-state index contributed by atoms with van der Waals surface area (Å²) in [7, 11) is 1.54. The van der Waals surface area contributed by atoms with Gasteiger partial charge in [0, 0.05) is 25.0 Å². The number of fused-ring (bicyclic) bond motifs is 5. The highest BCUT2D eigenvalue weighted by Gasteiger charge is 2.68. The molecule has 4 saturated carbocycles. The van der Waals surface area contributed by atoms with Crippen molar-refractivity contribution in [3.05, 3.63) is 11.6 Å². The summed E-state index contributed by atoms with van der Waals surface area (Å²) >= 11 is 0. The van der Waals surface area contributed by atoms with Gasteiger partial charge in [-0.05, 0) is 99.4 Å². The molecule has 4 aliphatic heterocycles. The number of esters is 1. The van der Waals surface area contributed by atoms with Gasteiger partial charge in [-0.2, -0.15) is 0 Å². The van der Waals surface area contributed by atoms with Crippen LogP contribution in [0.25, 0.3) is 0 Å². The summed E-state index contributed by atoms with van der Waals surface area (Å²) in [4.78, 5) is 12.0. The maximum absolute atomic E-state index is 12.6. The molecule has 22 atom stereocenters. The number of rotatable bonds is 10. The summed E-state index contributed by atoms with van der Waals surface area (Å²) in [6.45, 7) is 5.69. The van der Waals surface area contributed by atoms with Crippen LogP contribution < -0.4 is 0 Å². The van der Waals surface area contributed by atoms with E-state index in [4.69, 9.17) is 37.9 Å². The number of cyclic esters (lactones) is 1. The fourth-order valence-corrected chi connectivity index (χ4v) is 12.9. The summed E-state index contributed by atoms with van der Waals surface area (Å²) in [5.74, 6) is 0.957. The van der Waals surface area contributed by atoms with E-state index in [-0.39, 0.29) is 34.7 Å². The molecule has 0 amide bonds. The second-order valence-corrected chi connectivity index (χ2v) is 19.3. The molecule has 8 N–H and O–H groups in total. The van der Waals surface area contributed by atoms with Crippen molar-refractivity contribution in [1.29, 1.82) is 0 Å². The molecule has 19 unspecified atom stereocenters. The molecule has 3 saturated heterocycles. The van der Waals surface area contributed by atoms with E-state index in [1.165, 1.54) is 0 Å². The fourth-order valence-electron chi connectivity index (χ4n) is 12.9. The maximum Gasteiger partial charge on any atom is 0.331 e. The molecule has 0 bridgehead atoms. The SMILES string of the molecule is COC1CC(O[C@H]2CC[C@@]3(C)C(CCC4C3CC[C@]3(C)C(C5=CC(=O)OC5)CCC43O)C2)OC(C)C1OC1OC(COC2OC(CO)C(O)C(O)C2O)C(O)C(O)C1O. The quantitative estimate of drug-likeness (QED) is 0.105. The number of carbonyl (C=O) groups excluding carboxylic acids is 1. The number of ether oxygens (including phenoxy) is 8. The number of methoxy groups -OCH3 is 1.